The molecule has 1 unspecified atom stereocenters. The summed E-state index contributed by atoms with van der Waals surface area (Å²) in [6.07, 6.45) is 2.26. The number of hydrogen-bond acceptors (Lipinski definition) is 3. The van der Waals surface area contributed by atoms with E-state index in [0.29, 0.717) is 11.0 Å². The molecule has 0 saturated carbocycles. The third-order valence-corrected chi connectivity index (χ3v) is 4.53. The van der Waals surface area contributed by atoms with Crippen LogP contribution < -0.4 is 0 Å². The lowest BCUT2D eigenvalue weighted by Gasteiger charge is -2.04. The maximum atomic E-state index is 11.7. The Bertz CT molecular complexity index is 461. The molecule has 0 bridgehead atoms. The van der Waals surface area contributed by atoms with Gasteiger partial charge in [0, 0.05) is 0 Å². The van der Waals surface area contributed by atoms with Gasteiger partial charge in [0.1, 0.15) is 0 Å². The van der Waals surface area contributed by atoms with Crippen LogP contribution in [0.15, 0.2) is 29.2 Å². The molecule has 4 heteroatoms. The molecule has 2 rings (SSSR count). The molecule has 1 aromatic carbocycles. The molecule has 0 aromatic heterocycles. The molecule has 1 atom stereocenters. The minimum absolute atomic E-state index is 0.155. The van der Waals surface area contributed by atoms with Crippen molar-refractivity contribution >= 4 is 9.84 Å². The number of ether oxygens (including phenoxy) is 1. The lowest BCUT2D eigenvalue weighted by atomic mass is 10.1. The predicted molar refractivity (Wildman–Crippen MR) is 62.2 cm³/mol. The van der Waals surface area contributed by atoms with Crippen LogP contribution in [-0.2, 0) is 21.0 Å². The molecule has 1 aromatic rings. The van der Waals surface area contributed by atoms with Gasteiger partial charge in [-0.3, -0.25) is 0 Å². The highest BCUT2D eigenvalue weighted by molar-refractivity contribution is 7.91. The molecule has 0 radical (unpaired) electrons. The number of sulfone groups is 1. The van der Waals surface area contributed by atoms with Crippen LogP contribution in [0.3, 0.4) is 0 Å². The summed E-state index contributed by atoms with van der Waals surface area (Å²) in [6.45, 7) is 2.52. The highest BCUT2D eigenvalue weighted by Crippen LogP contribution is 2.19. The van der Waals surface area contributed by atoms with Crippen molar-refractivity contribution in [3.63, 3.8) is 0 Å². The summed E-state index contributed by atoms with van der Waals surface area (Å²) in [5.41, 5.74) is 1.07. The summed E-state index contributed by atoms with van der Waals surface area (Å²) < 4.78 is 28.5. The molecule has 1 heterocycles. The van der Waals surface area contributed by atoms with Gasteiger partial charge in [0.25, 0.3) is 0 Å². The zero-order chi connectivity index (χ0) is 11.6. The Balaban J connectivity index is 2.12. The fraction of sp³-hybridized carbons (Fsp3) is 0.500. The fourth-order valence-corrected chi connectivity index (χ4v) is 2.57. The summed E-state index contributed by atoms with van der Waals surface area (Å²) in [7, 11) is -3.07. The van der Waals surface area contributed by atoms with Crippen LogP contribution in [0.2, 0.25) is 0 Å². The Morgan fingerprint density at radius 3 is 2.81 bits per heavy atom. The second kappa shape index (κ2) is 4.55. The van der Waals surface area contributed by atoms with E-state index < -0.39 is 9.84 Å². The van der Waals surface area contributed by atoms with Gasteiger partial charge in [-0.1, -0.05) is 19.1 Å². The molecular formula is C12H16O3S. The topological polar surface area (TPSA) is 46.7 Å². The molecule has 1 saturated heterocycles. The molecule has 3 nitrogen and oxygen atoms in total. The van der Waals surface area contributed by atoms with Gasteiger partial charge in [0.2, 0.25) is 0 Å². The first-order chi connectivity index (χ1) is 7.62. The predicted octanol–water partition coefficient (Wildman–Crippen LogP) is 1.81. The zero-order valence-corrected chi connectivity index (χ0v) is 10.2. The number of aryl methyl sites for hydroxylation is 1. The molecule has 0 spiro atoms. The minimum Gasteiger partial charge on any atom is -0.373 e. The molecule has 1 fully saturated rings. The van der Waals surface area contributed by atoms with Gasteiger partial charge in [-0.05, 0) is 30.5 Å². The van der Waals surface area contributed by atoms with E-state index in [0.717, 1.165) is 25.0 Å². The van der Waals surface area contributed by atoms with Crippen molar-refractivity contribution in [1.82, 2.24) is 0 Å². The van der Waals surface area contributed by atoms with E-state index in [1.165, 1.54) is 0 Å². The maximum Gasteiger partial charge on any atom is 0.178 e. The van der Waals surface area contributed by atoms with Gasteiger partial charge in [-0.25, -0.2) is 8.42 Å². The van der Waals surface area contributed by atoms with E-state index in [4.69, 9.17) is 4.74 Å². The van der Waals surface area contributed by atoms with E-state index >= 15 is 0 Å². The van der Waals surface area contributed by atoms with Crippen LogP contribution in [0.25, 0.3) is 0 Å². The molecule has 88 valence electrons. The number of hydrogen-bond donors (Lipinski definition) is 0. The van der Waals surface area contributed by atoms with Gasteiger partial charge in [0.15, 0.2) is 9.84 Å². The number of rotatable bonds is 5. The Kier molecular flexibility index (Phi) is 3.30. The highest BCUT2D eigenvalue weighted by Gasteiger charge is 2.21. The van der Waals surface area contributed by atoms with E-state index in [1.54, 1.807) is 19.1 Å². The van der Waals surface area contributed by atoms with E-state index in [2.05, 4.69) is 0 Å². The molecule has 16 heavy (non-hydrogen) atoms. The van der Waals surface area contributed by atoms with Gasteiger partial charge in [-0.2, -0.15) is 0 Å². The first kappa shape index (κ1) is 11.6. The lowest BCUT2D eigenvalue weighted by Crippen LogP contribution is -2.04. The Morgan fingerprint density at radius 1 is 1.44 bits per heavy atom. The molecular weight excluding hydrogens is 224 g/mol. The van der Waals surface area contributed by atoms with Crippen molar-refractivity contribution in [1.29, 1.82) is 0 Å². The van der Waals surface area contributed by atoms with Crippen LogP contribution in [-0.4, -0.2) is 26.9 Å². The summed E-state index contributed by atoms with van der Waals surface area (Å²) in [4.78, 5) is 0.434. The third-order valence-electron chi connectivity index (χ3n) is 2.79. The van der Waals surface area contributed by atoms with E-state index in [1.807, 2.05) is 12.1 Å². The van der Waals surface area contributed by atoms with Crippen molar-refractivity contribution < 1.29 is 13.2 Å². The lowest BCUT2D eigenvalue weighted by molar-refractivity contribution is 0.397. The maximum absolute atomic E-state index is 11.7. The molecule has 0 amide bonds. The summed E-state index contributed by atoms with van der Waals surface area (Å²) >= 11 is 0. The molecule has 1 aliphatic rings. The Morgan fingerprint density at radius 2 is 2.19 bits per heavy atom. The first-order valence-corrected chi connectivity index (χ1v) is 7.20. The Hall–Kier alpha value is -0.870. The van der Waals surface area contributed by atoms with Crippen molar-refractivity contribution in [2.75, 3.05) is 12.4 Å². The number of epoxide rings is 1. The standard InChI is InChI=1S/C12H16O3S/c1-2-16(13,14)12-5-3-4-10(8-12)6-7-11-9-15-11/h3-5,8,11H,2,6-7,9H2,1H3. The van der Waals surface area contributed by atoms with Crippen molar-refractivity contribution in [2.24, 2.45) is 0 Å². The van der Waals surface area contributed by atoms with Crippen LogP contribution in [0.5, 0.6) is 0 Å². The second-order valence-electron chi connectivity index (χ2n) is 4.04. The van der Waals surface area contributed by atoms with Gasteiger partial charge < -0.3 is 4.74 Å². The van der Waals surface area contributed by atoms with Crippen molar-refractivity contribution in [2.45, 2.75) is 30.8 Å². The normalized spacial score (nSPS) is 19.7. The van der Waals surface area contributed by atoms with Crippen molar-refractivity contribution in [3.05, 3.63) is 29.8 Å². The second-order valence-corrected chi connectivity index (χ2v) is 6.32. The summed E-state index contributed by atoms with van der Waals surface area (Å²) in [5, 5.41) is 0. The zero-order valence-electron chi connectivity index (χ0n) is 9.35. The largest absolute Gasteiger partial charge is 0.373 e. The smallest absolute Gasteiger partial charge is 0.178 e. The molecule has 0 N–H and O–H groups in total. The third kappa shape index (κ3) is 2.83. The monoisotopic (exact) mass is 240 g/mol. The Labute approximate surface area is 96.4 Å². The first-order valence-electron chi connectivity index (χ1n) is 5.55. The van der Waals surface area contributed by atoms with Crippen LogP contribution in [0, 0.1) is 0 Å². The molecule has 1 aliphatic heterocycles. The van der Waals surface area contributed by atoms with Gasteiger partial charge >= 0.3 is 0 Å². The number of benzene rings is 1. The van der Waals surface area contributed by atoms with E-state index in [9.17, 15) is 8.42 Å². The van der Waals surface area contributed by atoms with Crippen LogP contribution in [0.1, 0.15) is 18.9 Å². The summed E-state index contributed by atoms with van der Waals surface area (Å²) in [5.74, 6) is 0.155. The van der Waals surface area contributed by atoms with Crippen LogP contribution >= 0.6 is 0 Å². The van der Waals surface area contributed by atoms with Crippen LogP contribution in [0.4, 0.5) is 0 Å². The highest BCUT2D eigenvalue weighted by atomic mass is 32.2. The summed E-state index contributed by atoms with van der Waals surface area (Å²) in [6, 6.07) is 7.22. The van der Waals surface area contributed by atoms with Gasteiger partial charge in [0.05, 0.1) is 23.4 Å². The van der Waals surface area contributed by atoms with E-state index in [-0.39, 0.29) is 5.75 Å². The minimum atomic E-state index is -3.07. The van der Waals surface area contributed by atoms with Crippen molar-refractivity contribution in [3.8, 4) is 0 Å². The average molecular weight is 240 g/mol. The molecule has 0 aliphatic carbocycles. The quantitative estimate of drug-likeness (QED) is 0.737. The fourth-order valence-electron chi connectivity index (χ4n) is 1.62. The average Bonchev–Trinajstić information content (AvgIpc) is 3.11. The SMILES string of the molecule is CCS(=O)(=O)c1cccc(CCC2CO2)c1. The van der Waals surface area contributed by atoms with Gasteiger partial charge in [-0.15, -0.1) is 0 Å².